The average Bonchev–Trinajstić information content (AvgIpc) is 2.42. The number of carbonyl (C=O) groups excluding carboxylic acids is 2. The van der Waals surface area contributed by atoms with Crippen LogP contribution in [0.5, 0.6) is 0 Å². The van der Waals surface area contributed by atoms with Crippen molar-refractivity contribution in [3.05, 3.63) is 30.1 Å². The molecule has 1 amide bonds. The monoisotopic (exact) mass is 334 g/mol. The van der Waals surface area contributed by atoms with E-state index in [1.54, 1.807) is 0 Å². The van der Waals surface area contributed by atoms with Crippen LogP contribution in [0.1, 0.15) is 6.92 Å². The van der Waals surface area contributed by atoms with E-state index in [-0.39, 0.29) is 4.90 Å². The van der Waals surface area contributed by atoms with Gasteiger partial charge in [0, 0.05) is 0 Å². The molecule has 0 saturated heterocycles. The molecule has 0 heterocycles. The Kier molecular flexibility index (Phi) is 5.97. The molecule has 0 fully saturated rings. The third kappa shape index (κ3) is 5.06. The van der Waals surface area contributed by atoms with Crippen LogP contribution < -0.4 is 10.5 Å². The molecule has 122 valence electrons. The van der Waals surface area contributed by atoms with Crippen molar-refractivity contribution in [2.75, 3.05) is 6.61 Å². The van der Waals surface area contributed by atoms with E-state index in [0.717, 1.165) is 31.2 Å². The number of sulfonamides is 1. The van der Waals surface area contributed by atoms with E-state index in [1.807, 2.05) is 4.72 Å². The van der Waals surface area contributed by atoms with E-state index in [0.29, 0.717) is 0 Å². The number of rotatable bonds is 7. The molecule has 2 atom stereocenters. The Bertz CT molecular complexity index is 644. The van der Waals surface area contributed by atoms with E-state index in [4.69, 9.17) is 5.73 Å². The zero-order chi connectivity index (χ0) is 16.9. The van der Waals surface area contributed by atoms with Crippen LogP contribution in [0.3, 0.4) is 0 Å². The number of aliphatic hydroxyl groups excluding tert-OH is 1. The second-order valence-electron chi connectivity index (χ2n) is 4.37. The summed E-state index contributed by atoms with van der Waals surface area (Å²) in [7, 11) is -4.20. The van der Waals surface area contributed by atoms with Crippen molar-refractivity contribution in [3.8, 4) is 0 Å². The number of primary amides is 1. The molecular weight excluding hydrogens is 319 g/mol. The fraction of sp³-hybridized carbons (Fsp3) is 0.333. The van der Waals surface area contributed by atoms with E-state index in [1.165, 1.54) is 0 Å². The van der Waals surface area contributed by atoms with Gasteiger partial charge in [0.25, 0.3) is 5.91 Å². The van der Waals surface area contributed by atoms with Crippen molar-refractivity contribution < 1.29 is 32.2 Å². The molecule has 0 spiro atoms. The van der Waals surface area contributed by atoms with Crippen LogP contribution in [0, 0.1) is 5.82 Å². The number of amides is 1. The van der Waals surface area contributed by atoms with Crippen LogP contribution in [-0.2, 0) is 24.3 Å². The molecule has 1 rings (SSSR count). The standard InChI is InChI=1S/C12H15FN2O6S/c1-7(16)11(12(18)21-6-10(14)17)15-22(19,20)9-4-2-8(13)3-5-9/h2-5,7,11,15-16H,6H2,1H3,(H2,14,17)/t7-,11+/m0/s1. The lowest BCUT2D eigenvalue weighted by molar-refractivity contribution is -0.151. The Balaban J connectivity index is 2.92. The summed E-state index contributed by atoms with van der Waals surface area (Å²) in [5, 5.41) is 9.50. The minimum absolute atomic E-state index is 0.303. The Morgan fingerprint density at radius 1 is 1.36 bits per heavy atom. The van der Waals surface area contributed by atoms with Crippen LogP contribution in [0.2, 0.25) is 0 Å². The zero-order valence-corrected chi connectivity index (χ0v) is 12.3. The fourth-order valence-corrected chi connectivity index (χ4v) is 2.68. The van der Waals surface area contributed by atoms with Gasteiger partial charge in [0.05, 0.1) is 11.0 Å². The third-order valence-corrected chi connectivity index (χ3v) is 3.96. The van der Waals surface area contributed by atoms with Crippen LogP contribution in [-0.4, -0.2) is 44.2 Å². The van der Waals surface area contributed by atoms with Gasteiger partial charge in [0.1, 0.15) is 11.9 Å². The number of halogens is 1. The largest absolute Gasteiger partial charge is 0.454 e. The van der Waals surface area contributed by atoms with Crippen LogP contribution in [0.25, 0.3) is 0 Å². The summed E-state index contributed by atoms with van der Waals surface area (Å²) >= 11 is 0. The predicted octanol–water partition coefficient (Wildman–Crippen LogP) is -1.12. The summed E-state index contributed by atoms with van der Waals surface area (Å²) in [5.74, 6) is -2.73. The number of hydrogen-bond acceptors (Lipinski definition) is 6. The Morgan fingerprint density at radius 2 is 1.91 bits per heavy atom. The number of carbonyl (C=O) groups is 2. The smallest absolute Gasteiger partial charge is 0.327 e. The molecule has 0 radical (unpaired) electrons. The molecule has 0 aliphatic rings. The molecule has 0 unspecified atom stereocenters. The quantitative estimate of drug-likeness (QED) is 0.541. The van der Waals surface area contributed by atoms with Crippen molar-refractivity contribution in [3.63, 3.8) is 0 Å². The summed E-state index contributed by atoms with van der Waals surface area (Å²) < 4.78 is 43.3. The van der Waals surface area contributed by atoms with Crippen molar-refractivity contribution in [2.24, 2.45) is 5.73 Å². The summed E-state index contributed by atoms with van der Waals surface area (Å²) in [6.45, 7) is 0.406. The van der Waals surface area contributed by atoms with E-state index >= 15 is 0 Å². The lowest BCUT2D eigenvalue weighted by atomic mass is 10.2. The van der Waals surface area contributed by atoms with Gasteiger partial charge in [-0.1, -0.05) is 0 Å². The Morgan fingerprint density at radius 3 is 2.36 bits per heavy atom. The maximum atomic E-state index is 12.8. The number of ether oxygens (including phenoxy) is 1. The first kappa shape index (κ1) is 18.0. The number of nitrogens with one attached hydrogen (secondary N) is 1. The van der Waals surface area contributed by atoms with Gasteiger partial charge < -0.3 is 15.6 Å². The van der Waals surface area contributed by atoms with Crippen molar-refractivity contribution in [1.82, 2.24) is 4.72 Å². The zero-order valence-electron chi connectivity index (χ0n) is 11.5. The second-order valence-corrected chi connectivity index (χ2v) is 6.08. The topological polar surface area (TPSA) is 136 Å². The molecule has 0 saturated carbocycles. The normalized spacial score (nSPS) is 14.1. The number of benzene rings is 1. The fourth-order valence-electron chi connectivity index (χ4n) is 1.42. The first-order valence-corrected chi connectivity index (χ1v) is 7.52. The highest BCUT2D eigenvalue weighted by Crippen LogP contribution is 2.11. The number of hydrogen-bond donors (Lipinski definition) is 3. The summed E-state index contributed by atoms with van der Waals surface area (Å²) in [6, 6.07) is 2.19. The van der Waals surface area contributed by atoms with Crippen molar-refractivity contribution in [2.45, 2.75) is 24.0 Å². The van der Waals surface area contributed by atoms with Gasteiger partial charge in [-0.25, -0.2) is 12.8 Å². The summed E-state index contributed by atoms with van der Waals surface area (Å²) in [6.07, 6.45) is -1.43. The van der Waals surface area contributed by atoms with Crippen molar-refractivity contribution in [1.29, 1.82) is 0 Å². The SMILES string of the molecule is C[C@H](O)[C@@H](NS(=O)(=O)c1ccc(F)cc1)C(=O)OCC(N)=O. The van der Waals surface area contributed by atoms with Gasteiger partial charge in [-0.05, 0) is 31.2 Å². The van der Waals surface area contributed by atoms with Crippen LogP contribution in [0.4, 0.5) is 4.39 Å². The molecule has 1 aromatic carbocycles. The van der Waals surface area contributed by atoms with Gasteiger partial charge in [-0.15, -0.1) is 0 Å². The predicted molar refractivity (Wildman–Crippen MR) is 72.3 cm³/mol. The summed E-state index contributed by atoms with van der Waals surface area (Å²) in [4.78, 5) is 21.9. The Hall–Kier alpha value is -2.04. The second kappa shape index (κ2) is 7.29. The molecule has 10 heteroatoms. The van der Waals surface area contributed by atoms with Gasteiger partial charge in [-0.2, -0.15) is 4.72 Å². The minimum atomic E-state index is -4.20. The summed E-state index contributed by atoms with van der Waals surface area (Å²) in [5.41, 5.74) is 4.80. The molecule has 0 bridgehead atoms. The molecule has 4 N–H and O–H groups in total. The third-order valence-electron chi connectivity index (χ3n) is 2.50. The lowest BCUT2D eigenvalue weighted by Gasteiger charge is -2.19. The molecule has 8 nitrogen and oxygen atoms in total. The van der Waals surface area contributed by atoms with E-state index in [2.05, 4.69) is 4.74 Å². The molecule has 0 aliphatic carbocycles. The highest BCUT2D eigenvalue weighted by Gasteiger charge is 2.31. The van der Waals surface area contributed by atoms with Crippen LogP contribution in [0.15, 0.2) is 29.2 Å². The van der Waals surface area contributed by atoms with E-state index in [9.17, 15) is 27.5 Å². The molecule has 0 aliphatic heterocycles. The number of nitrogens with two attached hydrogens (primary N) is 1. The first-order chi connectivity index (χ1) is 10.1. The van der Waals surface area contributed by atoms with Gasteiger partial charge in [0.15, 0.2) is 6.61 Å². The maximum Gasteiger partial charge on any atom is 0.327 e. The highest BCUT2D eigenvalue weighted by molar-refractivity contribution is 7.89. The number of aliphatic hydroxyl groups is 1. The molecule has 22 heavy (non-hydrogen) atoms. The van der Waals surface area contributed by atoms with Crippen LogP contribution >= 0.6 is 0 Å². The lowest BCUT2D eigenvalue weighted by Crippen LogP contribution is -2.48. The van der Waals surface area contributed by atoms with E-state index < -0.39 is 46.5 Å². The molecular formula is C12H15FN2O6S. The molecule has 0 aromatic heterocycles. The minimum Gasteiger partial charge on any atom is -0.454 e. The molecule has 1 aromatic rings. The maximum absolute atomic E-state index is 12.8. The van der Waals surface area contributed by atoms with Crippen molar-refractivity contribution >= 4 is 21.9 Å². The first-order valence-electron chi connectivity index (χ1n) is 6.04. The van der Waals surface area contributed by atoms with Gasteiger partial charge >= 0.3 is 5.97 Å². The Labute approximate surface area is 126 Å². The van der Waals surface area contributed by atoms with Gasteiger partial charge in [0.2, 0.25) is 10.0 Å². The number of esters is 1. The average molecular weight is 334 g/mol. The van der Waals surface area contributed by atoms with Gasteiger partial charge in [-0.3, -0.25) is 9.59 Å². The highest BCUT2D eigenvalue weighted by atomic mass is 32.2.